The molecule has 0 aromatic heterocycles. The van der Waals surface area contributed by atoms with Crippen LogP contribution in [0.3, 0.4) is 0 Å². The average Bonchev–Trinajstić information content (AvgIpc) is 2.93. The summed E-state index contributed by atoms with van der Waals surface area (Å²) in [7, 11) is 0. The number of carbonyl (C=O) groups is 1. The van der Waals surface area contributed by atoms with Gasteiger partial charge in [-0.2, -0.15) is 0 Å². The van der Waals surface area contributed by atoms with Crippen molar-refractivity contribution in [3.63, 3.8) is 0 Å². The zero-order chi connectivity index (χ0) is 14.0. The van der Waals surface area contributed by atoms with Gasteiger partial charge < -0.3 is 9.84 Å². The molecule has 0 unspecified atom stereocenters. The monoisotopic (exact) mass is 256 g/mol. The minimum absolute atomic E-state index is 0.107. The summed E-state index contributed by atoms with van der Waals surface area (Å²) in [6.45, 7) is 9.93. The summed E-state index contributed by atoms with van der Waals surface area (Å²) in [5, 5.41) is 8.98. The van der Waals surface area contributed by atoms with E-state index in [2.05, 4.69) is 0 Å². The highest BCUT2D eigenvalue weighted by atomic mass is 16.6. The molecule has 1 saturated carbocycles. The van der Waals surface area contributed by atoms with E-state index in [0.29, 0.717) is 18.4 Å². The highest BCUT2D eigenvalue weighted by Gasteiger charge is 2.37. The number of carbonyl (C=O) groups excluding carboxylic acids is 1. The topological polar surface area (TPSA) is 46.5 Å². The van der Waals surface area contributed by atoms with Gasteiger partial charge in [0.1, 0.15) is 5.60 Å². The minimum Gasteiger partial charge on any atom is -0.460 e. The maximum atomic E-state index is 12.0. The van der Waals surface area contributed by atoms with Gasteiger partial charge in [0, 0.05) is 6.61 Å². The van der Waals surface area contributed by atoms with Gasteiger partial charge in [-0.25, -0.2) is 0 Å². The summed E-state index contributed by atoms with van der Waals surface area (Å²) in [5.74, 6) is 1.10. The van der Waals surface area contributed by atoms with Gasteiger partial charge in [0.05, 0.1) is 5.41 Å². The van der Waals surface area contributed by atoms with Crippen molar-refractivity contribution in [1.82, 2.24) is 0 Å². The molecule has 0 heterocycles. The Balaban J connectivity index is 2.28. The summed E-state index contributed by atoms with van der Waals surface area (Å²) in [5.41, 5.74) is -0.816. The molecule has 1 aliphatic rings. The van der Waals surface area contributed by atoms with Crippen LogP contribution in [0.5, 0.6) is 0 Å². The largest absolute Gasteiger partial charge is 0.460 e. The zero-order valence-corrected chi connectivity index (χ0v) is 12.5. The number of esters is 1. The van der Waals surface area contributed by atoms with E-state index in [4.69, 9.17) is 9.84 Å². The quantitative estimate of drug-likeness (QED) is 0.743. The van der Waals surface area contributed by atoms with Crippen molar-refractivity contribution in [3.05, 3.63) is 0 Å². The molecule has 1 N–H and O–H groups in total. The molecule has 1 fully saturated rings. The van der Waals surface area contributed by atoms with Crippen LogP contribution in [-0.4, -0.2) is 23.3 Å². The summed E-state index contributed by atoms with van der Waals surface area (Å²) in [6.07, 6.45) is 4.17. The summed E-state index contributed by atoms with van der Waals surface area (Å²) >= 11 is 0. The Morgan fingerprint density at radius 2 is 1.83 bits per heavy atom. The van der Waals surface area contributed by atoms with Crippen molar-refractivity contribution in [2.24, 2.45) is 17.3 Å². The SMILES string of the molecule is CC(C)(C)OC(=O)C(C)(C)CCC[C@@H]1C[C@@H]1CO. The fraction of sp³-hybridized carbons (Fsp3) is 0.933. The lowest BCUT2D eigenvalue weighted by molar-refractivity contribution is -0.166. The van der Waals surface area contributed by atoms with E-state index in [0.717, 1.165) is 25.7 Å². The molecule has 0 saturated heterocycles. The van der Waals surface area contributed by atoms with Crippen LogP contribution in [0.2, 0.25) is 0 Å². The number of rotatable bonds is 6. The molecular weight excluding hydrogens is 228 g/mol. The van der Waals surface area contributed by atoms with Crippen LogP contribution >= 0.6 is 0 Å². The molecule has 0 bridgehead atoms. The van der Waals surface area contributed by atoms with E-state index < -0.39 is 11.0 Å². The van der Waals surface area contributed by atoms with Crippen LogP contribution in [-0.2, 0) is 9.53 Å². The van der Waals surface area contributed by atoms with Gasteiger partial charge in [0.2, 0.25) is 0 Å². The van der Waals surface area contributed by atoms with Crippen LogP contribution in [0.15, 0.2) is 0 Å². The summed E-state index contributed by atoms with van der Waals surface area (Å²) < 4.78 is 5.44. The second kappa shape index (κ2) is 5.60. The van der Waals surface area contributed by atoms with Gasteiger partial charge in [-0.3, -0.25) is 4.79 Å². The highest BCUT2D eigenvalue weighted by molar-refractivity contribution is 5.76. The Morgan fingerprint density at radius 1 is 1.22 bits per heavy atom. The predicted octanol–water partition coefficient (Wildman–Crippen LogP) is 3.15. The molecule has 1 rings (SSSR count). The van der Waals surface area contributed by atoms with Crippen LogP contribution in [0.1, 0.15) is 60.3 Å². The molecule has 3 nitrogen and oxygen atoms in total. The molecule has 3 heteroatoms. The van der Waals surface area contributed by atoms with Crippen molar-refractivity contribution in [2.45, 2.75) is 65.9 Å². The standard InChI is InChI=1S/C15H28O3/c1-14(2,3)18-13(17)15(4,5)8-6-7-11-9-12(11)10-16/h11-12,16H,6-10H2,1-5H3/t11-,12-/m1/s1. The lowest BCUT2D eigenvalue weighted by Gasteiger charge is -2.28. The van der Waals surface area contributed by atoms with E-state index in [9.17, 15) is 4.79 Å². The Kier molecular flexibility index (Phi) is 4.82. The van der Waals surface area contributed by atoms with Gasteiger partial charge in [0.25, 0.3) is 0 Å². The third-order valence-corrected chi connectivity index (χ3v) is 3.63. The number of hydrogen-bond acceptors (Lipinski definition) is 3. The van der Waals surface area contributed by atoms with E-state index >= 15 is 0 Å². The van der Waals surface area contributed by atoms with Crippen molar-refractivity contribution in [1.29, 1.82) is 0 Å². The van der Waals surface area contributed by atoms with Gasteiger partial charge in [0.15, 0.2) is 0 Å². The second-order valence-electron chi connectivity index (χ2n) is 7.22. The van der Waals surface area contributed by atoms with Gasteiger partial charge in [-0.15, -0.1) is 0 Å². The number of aliphatic hydroxyl groups excluding tert-OH is 1. The number of aliphatic hydroxyl groups is 1. The summed E-state index contributed by atoms with van der Waals surface area (Å²) in [6, 6.07) is 0. The molecular formula is C15H28O3. The Labute approximate surface area is 111 Å². The number of hydrogen-bond donors (Lipinski definition) is 1. The number of ether oxygens (including phenoxy) is 1. The first-order valence-electron chi connectivity index (χ1n) is 7.00. The van der Waals surface area contributed by atoms with Crippen LogP contribution in [0, 0.1) is 17.3 Å². The molecule has 0 amide bonds. The lowest BCUT2D eigenvalue weighted by Crippen LogP contribution is -2.33. The van der Waals surface area contributed by atoms with Crippen molar-refractivity contribution in [2.75, 3.05) is 6.61 Å². The Bertz CT molecular complexity index is 289. The molecule has 0 radical (unpaired) electrons. The molecule has 0 aromatic carbocycles. The fourth-order valence-electron chi connectivity index (χ4n) is 2.21. The van der Waals surface area contributed by atoms with Gasteiger partial charge >= 0.3 is 5.97 Å². The van der Waals surface area contributed by atoms with Crippen LogP contribution in [0.25, 0.3) is 0 Å². The van der Waals surface area contributed by atoms with Crippen LogP contribution < -0.4 is 0 Å². The van der Waals surface area contributed by atoms with E-state index in [1.165, 1.54) is 0 Å². The Morgan fingerprint density at radius 3 is 2.28 bits per heavy atom. The molecule has 18 heavy (non-hydrogen) atoms. The fourth-order valence-corrected chi connectivity index (χ4v) is 2.21. The summed E-state index contributed by atoms with van der Waals surface area (Å²) in [4.78, 5) is 12.0. The van der Waals surface area contributed by atoms with E-state index in [1.807, 2.05) is 34.6 Å². The van der Waals surface area contributed by atoms with E-state index in [-0.39, 0.29) is 5.97 Å². The first-order valence-corrected chi connectivity index (χ1v) is 7.00. The van der Waals surface area contributed by atoms with Crippen molar-refractivity contribution in [3.8, 4) is 0 Å². The average molecular weight is 256 g/mol. The third-order valence-electron chi connectivity index (χ3n) is 3.63. The smallest absolute Gasteiger partial charge is 0.312 e. The van der Waals surface area contributed by atoms with E-state index in [1.54, 1.807) is 0 Å². The molecule has 106 valence electrons. The maximum absolute atomic E-state index is 12.0. The normalized spacial score (nSPS) is 23.9. The lowest BCUT2D eigenvalue weighted by atomic mass is 9.86. The first-order chi connectivity index (χ1) is 8.15. The molecule has 0 aliphatic heterocycles. The zero-order valence-electron chi connectivity index (χ0n) is 12.5. The third kappa shape index (κ3) is 4.97. The maximum Gasteiger partial charge on any atom is 0.312 e. The molecule has 0 aromatic rings. The Hall–Kier alpha value is -0.570. The minimum atomic E-state index is -0.410. The highest BCUT2D eigenvalue weighted by Crippen LogP contribution is 2.42. The predicted molar refractivity (Wildman–Crippen MR) is 72.2 cm³/mol. The second-order valence-corrected chi connectivity index (χ2v) is 7.22. The van der Waals surface area contributed by atoms with Crippen molar-refractivity contribution < 1.29 is 14.6 Å². The molecule has 0 spiro atoms. The molecule has 2 atom stereocenters. The van der Waals surface area contributed by atoms with Crippen molar-refractivity contribution >= 4 is 5.97 Å². The molecule has 1 aliphatic carbocycles. The van der Waals surface area contributed by atoms with Gasteiger partial charge in [-0.1, -0.05) is 12.8 Å². The van der Waals surface area contributed by atoms with Gasteiger partial charge in [-0.05, 0) is 59.3 Å². The van der Waals surface area contributed by atoms with Crippen LogP contribution in [0.4, 0.5) is 0 Å². The first kappa shape index (κ1) is 15.5.